The first-order valence-corrected chi connectivity index (χ1v) is 5.08. The van der Waals surface area contributed by atoms with Crippen molar-refractivity contribution in [3.8, 4) is 11.5 Å². The maximum Gasteiger partial charge on any atom is 0.161 e. The van der Waals surface area contributed by atoms with E-state index >= 15 is 0 Å². The van der Waals surface area contributed by atoms with E-state index in [2.05, 4.69) is 13.8 Å². The molecule has 0 radical (unpaired) electrons. The summed E-state index contributed by atoms with van der Waals surface area (Å²) in [5.41, 5.74) is 0. The quantitative estimate of drug-likeness (QED) is 0.717. The second kappa shape index (κ2) is 5.53. The van der Waals surface area contributed by atoms with E-state index in [-0.39, 0.29) is 0 Å². The van der Waals surface area contributed by atoms with Crippen LogP contribution in [0.2, 0.25) is 0 Å². The largest absolute Gasteiger partial charge is 0.490 e. The molecular weight excluding hydrogens is 176 g/mol. The first-order chi connectivity index (χ1) is 6.74. The van der Waals surface area contributed by atoms with Gasteiger partial charge in [0.15, 0.2) is 11.5 Å². The van der Waals surface area contributed by atoms with Crippen LogP contribution in [0.5, 0.6) is 11.5 Å². The lowest BCUT2D eigenvalue weighted by atomic mass is 10.2. The molecule has 0 heterocycles. The average molecular weight is 194 g/mol. The Hall–Kier alpha value is -1.18. The topological polar surface area (TPSA) is 18.5 Å². The lowest BCUT2D eigenvalue weighted by molar-refractivity contribution is 0.248. The van der Waals surface area contributed by atoms with E-state index in [4.69, 9.17) is 9.47 Å². The molecule has 0 saturated heterocycles. The van der Waals surface area contributed by atoms with Crippen LogP contribution in [0.25, 0.3) is 0 Å². The van der Waals surface area contributed by atoms with Gasteiger partial charge in [-0.25, -0.2) is 0 Å². The Labute approximate surface area is 85.8 Å². The van der Waals surface area contributed by atoms with Gasteiger partial charge in [0.25, 0.3) is 0 Å². The van der Waals surface area contributed by atoms with Gasteiger partial charge >= 0.3 is 0 Å². The summed E-state index contributed by atoms with van der Waals surface area (Å²) in [6.45, 7) is 7.62. The van der Waals surface area contributed by atoms with E-state index in [1.807, 2.05) is 31.2 Å². The zero-order chi connectivity index (χ0) is 10.4. The van der Waals surface area contributed by atoms with Gasteiger partial charge < -0.3 is 9.47 Å². The number of hydrogen-bond donors (Lipinski definition) is 0. The number of hydrogen-bond acceptors (Lipinski definition) is 2. The van der Waals surface area contributed by atoms with Crippen molar-refractivity contribution in [3.05, 3.63) is 24.3 Å². The molecule has 0 aliphatic heterocycles. The number of para-hydroxylation sites is 2. The first kappa shape index (κ1) is 10.9. The van der Waals surface area contributed by atoms with E-state index in [9.17, 15) is 0 Å². The molecule has 0 unspecified atom stereocenters. The van der Waals surface area contributed by atoms with Crippen molar-refractivity contribution in [2.75, 3.05) is 13.2 Å². The van der Waals surface area contributed by atoms with Crippen molar-refractivity contribution in [3.63, 3.8) is 0 Å². The molecule has 78 valence electrons. The molecule has 0 bridgehead atoms. The van der Waals surface area contributed by atoms with Gasteiger partial charge in [-0.2, -0.15) is 0 Å². The third-order valence-electron chi connectivity index (χ3n) is 1.72. The van der Waals surface area contributed by atoms with Gasteiger partial charge in [0.1, 0.15) is 0 Å². The molecule has 0 atom stereocenters. The lowest BCUT2D eigenvalue weighted by Crippen LogP contribution is -2.05. The number of rotatable bonds is 5. The molecule has 0 aliphatic carbocycles. The Morgan fingerprint density at radius 2 is 1.64 bits per heavy atom. The zero-order valence-corrected chi connectivity index (χ0v) is 9.12. The molecule has 0 amide bonds. The molecule has 14 heavy (non-hydrogen) atoms. The third-order valence-corrected chi connectivity index (χ3v) is 1.72. The van der Waals surface area contributed by atoms with Crippen LogP contribution >= 0.6 is 0 Å². The SMILES string of the molecule is CCOc1ccccc1OCC(C)C. The van der Waals surface area contributed by atoms with E-state index in [1.54, 1.807) is 0 Å². The van der Waals surface area contributed by atoms with Crippen molar-refractivity contribution in [1.82, 2.24) is 0 Å². The fourth-order valence-electron chi connectivity index (χ4n) is 1.10. The predicted molar refractivity (Wildman–Crippen MR) is 57.9 cm³/mol. The first-order valence-electron chi connectivity index (χ1n) is 5.08. The molecule has 0 N–H and O–H groups in total. The van der Waals surface area contributed by atoms with Gasteiger partial charge in [-0.3, -0.25) is 0 Å². The monoisotopic (exact) mass is 194 g/mol. The van der Waals surface area contributed by atoms with E-state index in [1.165, 1.54) is 0 Å². The highest BCUT2D eigenvalue weighted by Crippen LogP contribution is 2.26. The highest BCUT2D eigenvalue weighted by molar-refractivity contribution is 5.39. The second-order valence-corrected chi connectivity index (χ2v) is 3.58. The molecule has 1 aromatic carbocycles. The lowest BCUT2D eigenvalue weighted by Gasteiger charge is -2.12. The van der Waals surface area contributed by atoms with Gasteiger partial charge in [0.05, 0.1) is 13.2 Å². The minimum absolute atomic E-state index is 0.532. The smallest absolute Gasteiger partial charge is 0.161 e. The summed E-state index contributed by atoms with van der Waals surface area (Å²) in [6.07, 6.45) is 0. The van der Waals surface area contributed by atoms with Crippen LogP contribution in [0.4, 0.5) is 0 Å². The van der Waals surface area contributed by atoms with Crippen molar-refractivity contribution in [2.45, 2.75) is 20.8 Å². The summed E-state index contributed by atoms with van der Waals surface area (Å²) < 4.78 is 11.1. The summed E-state index contributed by atoms with van der Waals surface area (Å²) in [6, 6.07) is 7.78. The normalized spacial score (nSPS) is 10.3. The fourth-order valence-corrected chi connectivity index (χ4v) is 1.10. The minimum atomic E-state index is 0.532. The molecule has 1 aromatic rings. The highest BCUT2D eigenvalue weighted by Gasteiger charge is 2.03. The second-order valence-electron chi connectivity index (χ2n) is 3.58. The van der Waals surface area contributed by atoms with Crippen molar-refractivity contribution in [2.24, 2.45) is 5.92 Å². The Morgan fingerprint density at radius 1 is 1.07 bits per heavy atom. The Morgan fingerprint density at radius 3 is 2.14 bits per heavy atom. The molecule has 0 aromatic heterocycles. The van der Waals surface area contributed by atoms with Gasteiger partial charge in [0, 0.05) is 0 Å². The van der Waals surface area contributed by atoms with Crippen LogP contribution in [-0.4, -0.2) is 13.2 Å². The van der Waals surface area contributed by atoms with Crippen LogP contribution in [0.1, 0.15) is 20.8 Å². The molecule has 0 aliphatic rings. The van der Waals surface area contributed by atoms with E-state index < -0.39 is 0 Å². The standard InChI is InChI=1S/C12H18O2/c1-4-13-11-7-5-6-8-12(11)14-9-10(2)3/h5-8,10H,4,9H2,1-3H3. The minimum Gasteiger partial charge on any atom is -0.490 e. The fraction of sp³-hybridized carbons (Fsp3) is 0.500. The summed E-state index contributed by atoms with van der Waals surface area (Å²) >= 11 is 0. The summed E-state index contributed by atoms with van der Waals surface area (Å²) in [5.74, 6) is 2.20. The number of ether oxygens (including phenoxy) is 2. The molecule has 2 nitrogen and oxygen atoms in total. The highest BCUT2D eigenvalue weighted by atomic mass is 16.5. The summed E-state index contributed by atoms with van der Waals surface area (Å²) in [5, 5.41) is 0. The molecule has 0 spiro atoms. The molecule has 2 heteroatoms. The summed E-state index contributed by atoms with van der Waals surface area (Å²) in [7, 11) is 0. The van der Waals surface area contributed by atoms with E-state index in [0.29, 0.717) is 12.5 Å². The molecular formula is C12H18O2. The molecule has 1 rings (SSSR count). The van der Waals surface area contributed by atoms with Crippen molar-refractivity contribution in [1.29, 1.82) is 0 Å². The maximum absolute atomic E-state index is 5.63. The Kier molecular flexibility index (Phi) is 4.30. The van der Waals surface area contributed by atoms with Gasteiger partial charge in [0.2, 0.25) is 0 Å². The molecule has 0 saturated carbocycles. The van der Waals surface area contributed by atoms with E-state index in [0.717, 1.165) is 18.1 Å². The van der Waals surface area contributed by atoms with Crippen molar-refractivity contribution < 1.29 is 9.47 Å². The Bertz CT molecular complexity index is 269. The molecule has 0 fully saturated rings. The van der Waals surface area contributed by atoms with Crippen molar-refractivity contribution >= 4 is 0 Å². The summed E-state index contributed by atoms with van der Waals surface area (Å²) in [4.78, 5) is 0. The van der Waals surface area contributed by atoms with Crippen LogP contribution in [-0.2, 0) is 0 Å². The zero-order valence-electron chi connectivity index (χ0n) is 9.12. The average Bonchev–Trinajstić information content (AvgIpc) is 2.17. The predicted octanol–water partition coefficient (Wildman–Crippen LogP) is 3.12. The van der Waals surface area contributed by atoms with Crippen LogP contribution in [0.3, 0.4) is 0 Å². The van der Waals surface area contributed by atoms with Crippen LogP contribution in [0.15, 0.2) is 24.3 Å². The maximum atomic E-state index is 5.63. The van der Waals surface area contributed by atoms with Gasteiger partial charge in [-0.15, -0.1) is 0 Å². The van der Waals surface area contributed by atoms with Crippen LogP contribution < -0.4 is 9.47 Å². The van der Waals surface area contributed by atoms with Gasteiger partial charge in [-0.1, -0.05) is 26.0 Å². The van der Waals surface area contributed by atoms with Crippen LogP contribution in [0, 0.1) is 5.92 Å². The Balaban J connectivity index is 2.64. The van der Waals surface area contributed by atoms with Gasteiger partial charge in [-0.05, 0) is 25.0 Å². The number of benzene rings is 1. The third kappa shape index (κ3) is 3.29.